The topological polar surface area (TPSA) is 27.7 Å². The Morgan fingerprint density at radius 1 is 0.269 bits per heavy atom. The quantitative estimate of drug-likeness (QED) is 0.0333. The van der Waals surface area contributed by atoms with E-state index in [4.69, 9.17) is 12.3 Å². The molecular formula is C60H56O3Si4. The van der Waals surface area contributed by atoms with Gasteiger partial charge in [0.2, 0.25) is 0 Å². The van der Waals surface area contributed by atoms with Crippen LogP contribution in [-0.2, 0) is 12.3 Å². The number of allylic oxidation sites excluding steroid dienone is 1. The summed E-state index contributed by atoms with van der Waals surface area (Å²) in [5.74, 6) is 0. The lowest BCUT2D eigenvalue weighted by Gasteiger charge is -2.50. The molecule has 0 spiro atoms. The largest absolute Gasteiger partial charge is 0.471 e. The second-order valence-corrected chi connectivity index (χ2v) is 30.5. The molecule has 7 heteroatoms. The van der Waals surface area contributed by atoms with E-state index in [1.807, 2.05) is 6.08 Å². The molecule has 0 aliphatic carbocycles. The minimum absolute atomic E-state index is 0.560. The Bertz CT molecular complexity index is 2280. The van der Waals surface area contributed by atoms with Gasteiger partial charge in [0.15, 0.2) is 0 Å². The van der Waals surface area contributed by atoms with Crippen LogP contribution in [0, 0.1) is 0 Å². The molecule has 0 saturated carbocycles. The average Bonchev–Trinajstić information content (AvgIpc) is 3.42. The van der Waals surface area contributed by atoms with Crippen molar-refractivity contribution >= 4 is 80.4 Å². The molecule has 330 valence electrons. The highest BCUT2D eigenvalue weighted by Crippen LogP contribution is 2.32. The first-order valence-corrected chi connectivity index (χ1v) is 31.0. The van der Waals surface area contributed by atoms with E-state index in [1.165, 1.54) is 0 Å². The third-order valence-electron chi connectivity index (χ3n) is 12.7. The van der Waals surface area contributed by atoms with E-state index in [1.54, 1.807) is 0 Å². The van der Waals surface area contributed by atoms with Crippen LogP contribution in [0.25, 0.3) is 0 Å². The summed E-state index contributed by atoms with van der Waals surface area (Å²) in [6.07, 6.45) is 4.59. The van der Waals surface area contributed by atoms with Gasteiger partial charge in [-0.05, 0) is 65.9 Å². The highest BCUT2D eigenvalue weighted by molar-refractivity contribution is 7.16. The smallest absolute Gasteiger partial charge is 0.404 e. The molecule has 9 aromatic rings. The van der Waals surface area contributed by atoms with Crippen molar-refractivity contribution in [2.75, 3.05) is 0 Å². The minimum Gasteiger partial charge on any atom is -0.404 e. The zero-order valence-corrected chi connectivity index (χ0v) is 41.8. The van der Waals surface area contributed by atoms with E-state index >= 15 is 0 Å². The Balaban J connectivity index is 1.46. The molecule has 0 radical (unpaired) electrons. The van der Waals surface area contributed by atoms with Gasteiger partial charge in [0.25, 0.3) is 25.0 Å². The van der Waals surface area contributed by atoms with E-state index in [0.29, 0.717) is 6.04 Å². The third kappa shape index (κ3) is 9.41. The van der Waals surface area contributed by atoms with Gasteiger partial charge in [0.05, 0.1) is 0 Å². The Morgan fingerprint density at radius 2 is 0.448 bits per heavy atom. The number of unbranched alkanes of at least 4 members (excludes halogenated alkanes) is 2. The van der Waals surface area contributed by atoms with Crippen molar-refractivity contribution in [2.24, 2.45) is 0 Å². The lowest BCUT2D eigenvalue weighted by Crippen LogP contribution is -2.82. The molecule has 0 heterocycles. The van der Waals surface area contributed by atoms with E-state index in [-0.39, 0.29) is 0 Å². The monoisotopic (exact) mass is 936 g/mol. The van der Waals surface area contributed by atoms with Gasteiger partial charge in [-0.3, -0.25) is 0 Å². The van der Waals surface area contributed by atoms with Crippen molar-refractivity contribution in [2.45, 2.75) is 25.3 Å². The molecule has 0 N–H and O–H groups in total. The van der Waals surface area contributed by atoms with Crippen molar-refractivity contribution in [3.8, 4) is 0 Å². The van der Waals surface area contributed by atoms with Gasteiger partial charge < -0.3 is 12.3 Å². The molecule has 9 rings (SSSR count). The van der Waals surface area contributed by atoms with Crippen molar-refractivity contribution in [1.29, 1.82) is 0 Å². The van der Waals surface area contributed by atoms with Gasteiger partial charge in [-0.15, -0.1) is 6.58 Å². The lowest BCUT2D eigenvalue weighted by molar-refractivity contribution is 0.263. The van der Waals surface area contributed by atoms with Crippen LogP contribution in [-0.4, -0.2) is 33.8 Å². The molecule has 67 heavy (non-hydrogen) atoms. The second kappa shape index (κ2) is 21.4. The van der Waals surface area contributed by atoms with Crippen molar-refractivity contribution in [3.63, 3.8) is 0 Å². The average molecular weight is 937 g/mol. The molecule has 0 saturated heterocycles. The summed E-state index contributed by atoms with van der Waals surface area (Å²) in [7, 11) is -15.0. The standard InChI is InChI=1S/C60H56O3Si4/c1-2-3-4-32-51-64(61-65(52-33-14-5-15-34-52,53-35-16-6-17-36-53)54-37-18-7-19-38-54,62-66(55-39-20-8-21-40-55,56-41-22-9-23-42-56)57-43-24-10-25-44-57)63-67(58-45-26-11-27-46-58,59-47-28-12-29-48-59)60-49-30-13-31-50-60/h2,5-31,33-50H,1,3-4,32,51H2. The summed E-state index contributed by atoms with van der Waals surface area (Å²) >= 11 is 0. The molecule has 0 amide bonds. The molecule has 0 aliphatic heterocycles. The van der Waals surface area contributed by atoms with Gasteiger partial charge in [0.1, 0.15) is 0 Å². The first-order chi connectivity index (χ1) is 33.1. The van der Waals surface area contributed by atoms with Crippen molar-refractivity contribution < 1.29 is 12.3 Å². The number of rotatable bonds is 20. The highest BCUT2D eigenvalue weighted by Gasteiger charge is 2.62. The molecule has 9 aromatic carbocycles. The van der Waals surface area contributed by atoms with Gasteiger partial charge in [-0.1, -0.05) is 279 Å². The van der Waals surface area contributed by atoms with Crippen molar-refractivity contribution in [3.05, 3.63) is 286 Å². The predicted molar refractivity (Wildman–Crippen MR) is 290 cm³/mol. The molecule has 0 unspecified atom stereocenters. The Morgan fingerprint density at radius 3 is 0.612 bits per heavy atom. The number of hydrogen-bond donors (Lipinski definition) is 0. The molecular weight excluding hydrogens is 881 g/mol. The van der Waals surface area contributed by atoms with Gasteiger partial charge >= 0.3 is 8.80 Å². The van der Waals surface area contributed by atoms with Gasteiger partial charge in [-0.2, -0.15) is 0 Å². The SMILES string of the molecule is C=CCCCC[Si](O[Si](c1ccccc1)(c1ccccc1)c1ccccc1)(O[Si](c1ccccc1)(c1ccccc1)c1ccccc1)O[Si](c1ccccc1)(c1ccccc1)c1ccccc1. The molecule has 0 fully saturated rings. The Hall–Kier alpha value is -6.53. The lowest BCUT2D eigenvalue weighted by atomic mass is 10.2. The summed E-state index contributed by atoms with van der Waals surface area (Å²) in [5.41, 5.74) is 0. The number of benzene rings is 9. The first-order valence-electron chi connectivity index (χ1n) is 23.3. The summed E-state index contributed by atoms with van der Waals surface area (Å²) in [6, 6.07) is 98.8. The maximum Gasteiger partial charge on any atom is 0.471 e. The van der Waals surface area contributed by atoms with Crippen LogP contribution in [0.1, 0.15) is 19.3 Å². The number of hydrogen-bond acceptors (Lipinski definition) is 3. The summed E-state index contributed by atoms with van der Waals surface area (Å²) in [6.45, 7) is 4.17. The summed E-state index contributed by atoms with van der Waals surface area (Å²) in [4.78, 5) is 0. The predicted octanol–water partition coefficient (Wildman–Crippen LogP) is 8.33. The van der Waals surface area contributed by atoms with Crippen LogP contribution >= 0.6 is 0 Å². The van der Waals surface area contributed by atoms with E-state index in [9.17, 15) is 0 Å². The molecule has 0 aliphatic rings. The molecule has 0 bridgehead atoms. The fraction of sp³-hybridized carbons (Fsp3) is 0.0667. The normalized spacial score (nSPS) is 12.1. The fourth-order valence-corrected chi connectivity index (χ4v) is 32.0. The molecule has 0 aromatic heterocycles. The summed E-state index contributed by atoms with van der Waals surface area (Å²) < 4.78 is 26.6. The second-order valence-electron chi connectivity index (χ2n) is 16.9. The van der Waals surface area contributed by atoms with Crippen LogP contribution in [0.3, 0.4) is 0 Å². The summed E-state index contributed by atoms with van der Waals surface area (Å²) in [5, 5.41) is 10.1. The maximum absolute atomic E-state index is 8.88. The van der Waals surface area contributed by atoms with Crippen LogP contribution in [0.2, 0.25) is 6.04 Å². The minimum atomic E-state index is -4.25. The van der Waals surface area contributed by atoms with Crippen LogP contribution in [0.5, 0.6) is 0 Å². The Kier molecular flexibility index (Phi) is 14.6. The molecule has 0 atom stereocenters. The van der Waals surface area contributed by atoms with E-state index in [0.717, 1.165) is 65.9 Å². The Labute approximate surface area is 401 Å². The third-order valence-corrected chi connectivity index (χ3v) is 31.4. The van der Waals surface area contributed by atoms with E-state index < -0.39 is 33.8 Å². The maximum atomic E-state index is 8.88. The zero-order chi connectivity index (χ0) is 45.7. The fourth-order valence-electron chi connectivity index (χ4n) is 9.63. The van der Waals surface area contributed by atoms with Crippen molar-refractivity contribution in [1.82, 2.24) is 0 Å². The van der Waals surface area contributed by atoms with Gasteiger partial charge in [0, 0.05) is 6.04 Å². The molecule has 3 nitrogen and oxygen atoms in total. The zero-order valence-electron chi connectivity index (χ0n) is 37.8. The highest BCUT2D eigenvalue weighted by atomic mass is 28.5. The first kappa shape index (κ1) is 45.6. The van der Waals surface area contributed by atoms with Gasteiger partial charge in [-0.25, -0.2) is 0 Å². The van der Waals surface area contributed by atoms with Crippen LogP contribution < -0.4 is 46.7 Å². The van der Waals surface area contributed by atoms with E-state index in [2.05, 4.69) is 280 Å². The van der Waals surface area contributed by atoms with Crippen LogP contribution in [0.4, 0.5) is 0 Å². The van der Waals surface area contributed by atoms with Crippen LogP contribution in [0.15, 0.2) is 286 Å².